The van der Waals surface area contributed by atoms with Gasteiger partial charge in [0.2, 0.25) is 0 Å². The van der Waals surface area contributed by atoms with Gasteiger partial charge in [-0.25, -0.2) is 9.97 Å². The number of aromatic amines is 1. The van der Waals surface area contributed by atoms with Gasteiger partial charge in [0, 0.05) is 24.8 Å². The third-order valence-corrected chi connectivity index (χ3v) is 4.50. The van der Waals surface area contributed by atoms with E-state index in [1.165, 1.54) is 12.8 Å². The lowest BCUT2D eigenvalue weighted by Gasteiger charge is -2.09. The Kier molecular flexibility index (Phi) is 3.97. The molecule has 3 aromatic rings. The van der Waals surface area contributed by atoms with E-state index in [-0.39, 0.29) is 5.91 Å². The van der Waals surface area contributed by atoms with Gasteiger partial charge in [0.05, 0.1) is 11.1 Å². The molecule has 25 heavy (non-hydrogen) atoms. The molecule has 1 aliphatic carbocycles. The van der Waals surface area contributed by atoms with Gasteiger partial charge in [0.25, 0.3) is 5.91 Å². The molecule has 128 valence electrons. The highest BCUT2D eigenvalue weighted by Gasteiger charge is 2.24. The Morgan fingerprint density at radius 1 is 1.36 bits per heavy atom. The normalized spacial score (nSPS) is 14.0. The fourth-order valence-electron chi connectivity index (χ4n) is 3.09. The van der Waals surface area contributed by atoms with E-state index < -0.39 is 0 Å². The minimum Gasteiger partial charge on any atom is -0.340 e. The minimum atomic E-state index is -0.178. The van der Waals surface area contributed by atoms with Gasteiger partial charge in [0.15, 0.2) is 5.65 Å². The summed E-state index contributed by atoms with van der Waals surface area (Å²) < 4.78 is 0. The van der Waals surface area contributed by atoms with Crippen LogP contribution in [0.15, 0.2) is 30.5 Å². The molecule has 2 aromatic heterocycles. The number of aryl methyl sites for hydroxylation is 1. The lowest BCUT2D eigenvalue weighted by atomic mass is 10.1. The molecule has 6 heteroatoms. The number of amides is 1. The fourth-order valence-corrected chi connectivity index (χ4v) is 3.09. The van der Waals surface area contributed by atoms with Crippen molar-refractivity contribution in [2.75, 3.05) is 5.32 Å². The number of carbonyl (C=O) groups excluding carboxylic acids is 1. The second kappa shape index (κ2) is 6.29. The van der Waals surface area contributed by atoms with Crippen LogP contribution in [-0.2, 0) is 13.0 Å². The van der Waals surface area contributed by atoms with E-state index >= 15 is 0 Å². The first-order chi connectivity index (χ1) is 12.1. The molecule has 1 aliphatic rings. The number of rotatable bonds is 5. The molecule has 1 aromatic carbocycles. The number of fused-ring (bicyclic) bond motifs is 1. The number of aromatic nitrogens is 3. The third-order valence-electron chi connectivity index (χ3n) is 4.50. The second-order valence-electron chi connectivity index (χ2n) is 6.75. The predicted molar refractivity (Wildman–Crippen MR) is 97.3 cm³/mol. The molecule has 1 fully saturated rings. The Balaban J connectivity index is 1.63. The molecule has 1 saturated carbocycles. The Bertz CT molecular complexity index is 942. The summed E-state index contributed by atoms with van der Waals surface area (Å²) in [7, 11) is 0. The zero-order chi connectivity index (χ0) is 17.4. The smallest absolute Gasteiger partial charge is 0.257 e. The van der Waals surface area contributed by atoms with Crippen LogP contribution in [0.25, 0.3) is 11.2 Å². The van der Waals surface area contributed by atoms with Gasteiger partial charge in [-0.3, -0.25) is 4.79 Å². The summed E-state index contributed by atoms with van der Waals surface area (Å²) in [6, 6.07) is 7.56. The SMILES string of the molecule is Cc1cc(CN)cc(NC(=O)c2ccnc3nc(CC4CC4)[nH]c23)c1. The largest absolute Gasteiger partial charge is 0.340 e. The molecule has 4 rings (SSSR count). The zero-order valence-corrected chi connectivity index (χ0v) is 14.2. The molecule has 0 spiro atoms. The number of H-pyrrole nitrogens is 1. The summed E-state index contributed by atoms with van der Waals surface area (Å²) in [5.41, 5.74) is 10.4. The molecule has 1 amide bonds. The molecule has 0 atom stereocenters. The van der Waals surface area contributed by atoms with Crippen molar-refractivity contribution in [2.45, 2.75) is 32.7 Å². The van der Waals surface area contributed by atoms with Crippen LogP contribution in [0, 0.1) is 12.8 Å². The van der Waals surface area contributed by atoms with Crippen LogP contribution >= 0.6 is 0 Å². The molecule has 0 aliphatic heterocycles. The zero-order valence-electron chi connectivity index (χ0n) is 14.2. The van der Waals surface area contributed by atoms with E-state index in [9.17, 15) is 4.79 Å². The summed E-state index contributed by atoms with van der Waals surface area (Å²) in [4.78, 5) is 24.9. The van der Waals surface area contributed by atoms with Crippen molar-refractivity contribution in [2.24, 2.45) is 11.7 Å². The fraction of sp³-hybridized carbons (Fsp3) is 0.316. The lowest BCUT2D eigenvalue weighted by molar-refractivity contribution is 0.102. The van der Waals surface area contributed by atoms with E-state index in [1.54, 1.807) is 12.3 Å². The number of anilines is 1. The molecule has 0 unspecified atom stereocenters. The number of carbonyl (C=O) groups is 1. The van der Waals surface area contributed by atoms with Crippen LogP contribution in [0.3, 0.4) is 0 Å². The highest BCUT2D eigenvalue weighted by Crippen LogP contribution is 2.32. The van der Waals surface area contributed by atoms with Crippen molar-refractivity contribution in [1.82, 2.24) is 15.0 Å². The molecular formula is C19H21N5O. The van der Waals surface area contributed by atoms with Crippen LogP contribution in [0.2, 0.25) is 0 Å². The Labute approximate surface area is 145 Å². The maximum absolute atomic E-state index is 12.8. The summed E-state index contributed by atoms with van der Waals surface area (Å²) in [5.74, 6) is 1.45. The molecule has 4 N–H and O–H groups in total. The second-order valence-corrected chi connectivity index (χ2v) is 6.75. The molecular weight excluding hydrogens is 314 g/mol. The third kappa shape index (κ3) is 3.39. The summed E-state index contributed by atoms with van der Waals surface area (Å²) in [5, 5.41) is 2.96. The van der Waals surface area contributed by atoms with Crippen LogP contribution in [0.5, 0.6) is 0 Å². The first kappa shape index (κ1) is 15.8. The number of nitrogens with two attached hydrogens (primary N) is 1. The molecule has 0 radical (unpaired) electrons. The van der Waals surface area contributed by atoms with Crippen molar-refractivity contribution in [3.8, 4) is 0 Å². The van der Waals surface area contributed by atoms with Gasteiger partial charge in [-0.2, -0.15) is 0 Å². The number of hydrogen-bond acceptors (Lipinski definition) is 4. The summed E-state index contributed by atoms with van der Waals surface area (Å²) in [6.45, 7) is 2.42. The maximum Gasteiger partial charge on any atom is 0.257 e. The number of imidazole rings is 1. The number of nitrogens with zero attached hydrogens (tertiary/aromatic N) is 2. The number of nitrogens with one attached hydrogen (secondary N) is 2. The van der Waals surface area contributed by atoms with Crippen LogP contribution < -0.4 is 11.1 Å². The van der Waals surface area contributed by atoms with E-state index in [0.29, 0.717) is 23.3 Å². The Morgan fingerprint density at radius 3 is 2.96 bits per heavy atom. The standard InChI is InChI=1S/C19H21N5O/c1-11-6-13(10-20)8-14(7-11)22-19(25)15-4-5-21-18-17(15)23-16(24-18)9-12-2-3-12/h4-8,12H,2-3,9-10,20H2,1H3,(H,22,25)(H,21,23,24). The predicted octanol–water partition coefficient (Wildman–Crippen LogP) is 2.93. The highest BCUT2D eigenvalue weighted by molar-refractivity contribution is 6.11. The molecule has 0 saturated heterocycles. The van der Waals surface area contributed by atoms with Crippen molar-refractivity contribution < 1.29 is 4.79 Å². The monoisotopic (exact) mass is 335 g/mol. The van der Waals surface area contributed by atoms with Crippen LogP contribution in [-0.4, -0.2) is 20.9 Å². The topological polar surface area (TPSA) is 96.7 Å². The van der Waals surface area contributed by atoms with Crippen molar-refractivity contribution in [3.05, 3.63) is 53.0 Å². The van der Waals surface area contributed by atoms with Gasteiger partial charge in [-0.05, 0) is 55.0 Å². The van der Waals surface area contributed by atoms with Gasteiger partial charge < -0.3 is 16.0 Å². The van der Waals surface area contributed by atoms with Crippen LogP contribution in [0.1, 0.15) is 40.2 Å². The minimum absolute atomic E-state index is 0.178. The van der Waals surface area contributed by atoms with Gasteiger partial charge >= 0.3 is 0 Å². The molecule has 2 heterocycles. The lowest BCUT2D eigenvalue weighted by Crippen LogP contribution is -2.13. The quantitative estimate of drug-likeness (QED) is 0.668. The van der Waals surface area contributed by atoms with Gasteiger partial charge in [0.1, 0.15) is 5.82 Å². The number of hydrogen-bond donors (Lipinski definition) is 3. The van der Waals surface area contributed by atoms with Crippen molar-refractivity contribution >= 4 is 22.8 Å². The van der Waals surface area contributed by atoms with Gasteiger partial charge in [-0.1, -0.05) is 6.07 Å². The summed E-state index contributed by atoms with van der Waals surface area (Å²) in [6.07, 6.45) is 5.07. The van der Waals surface area contributed by atoms with E-state index in [1.807, 2.05) is 25.1 Å². The number of pyridine rings is 1. The van der Waals surface area contributed by atoms with E-state index in [4.69, 9.17) is 5.73 Å². The number of benzene rings is 1. The average Bonchev–Trinajstić information content (AvgIpc) is 3.29. The van der Waals surface area contributed by atoms with Crippen molar-refractivity contribution in [3.63, 3.8) is 0 Å². The van der Waals surface area contributed by atoms with E-state index in [2.05, 4.69) is 20.3 Å². The summed E-state index contributed by atoms with van der Waals surface area (Å²) >= 11 is 0. The average molecular weight is 335 g/mol. The Hall–Kier alpha value is -2.73. The van der Waals surface area contributed by atoms with Gasteiger partial charge in [-0.15, -0.1) is 0 Å². The highest BCUT2D eigenvalue weighted by atomic mass is 16.1. The molecule has 0 bridgehead atoms. The maximum atomic E-state index is 12.8. The first-order valence-electron chi connectivity index (χ1n) is 8.58. The molecule has 6 nitrogen and oxygen atoms in total. The Morgan fingerprint density at radius 2 is 2.20 bits per heavy atom. The van der Waals surface area contributed by atoms with Crippen LogP contribution in [0.4, 0.5) is 5.69 Å². The first-order valence-corrected chi connectivity index (χ1v) is 8.58. The van der Waals surface area contributed by atoms with Crippen molar-refractivity contribution in [1.29, 1.82) is 0 Å². The van der Waals surface area contributed by atoms with E-state index in [0.717, 1.165) is 35.0 Å².